The molecule has 0 aliphatic rings. The largest absolute Gasteiger partial charge is 0.384 e. The molecule has 1 aromatic heterocycles. The molecule has 0 bridgehead atoms. The summed E-state index contributed by atoms with van der Waals surface area (Å²) in [6, 6.07) is 24.2. The van der Waals surface area contributed by atoms with Crippen LogP contribution in [0, 0.1) is 5.41 Å². The molecular weight excluding hydrogens is 504 g/mol. The SMILES string of the molecule is N=C(N)c1ccc(CNC(=O)Cn2c(-c3ccccc3)ncc(NS(=O)(=O)Cc3ccccc3)c2=O)cc1. The predicted octanol–water partition coefficient (Wildman–Crippen LogP) is 2.45. The summed E-state index contributed by atoms with van der Waals surface area (Å²) in [5.74, 6) is -0.620. The third-order valence-electron chi connectivity index (χ3n) is 5.60. The van der Waals surface area contributed by atoms with Crippen molar-refractivity contribution in [1.29, 1.82) is 5.41 Å². The second kappa shape index (κ2) is 11.5. The fourth-order valence-corrected chi connectivity index (χ4v) is 4.90. The molecule has 1 amide bonds. The van der Waals surface area contributed by atoms with E-state index in [2.05, 4.69) is 15.0 Å². The van der Waals surface area contributed by atoms with E-state index in [1.54, 1.807) is 78.9 Å². The van der Waals surface area contributed by atoms with E-state index in [4.69, 9.17) is 11.1 Å². The number of hydrogen-bond donors (Lipinski definition) is 4. The highest BCUT2D eigenvalue weighted by atomic mass is 32.2. The zero-order chi connectivity index (χ0) is 27.1. The number of sulfonamides is 1. The molecule has 10 nitrogen and oxygen atoms in total. The van der Waals surface area contributed by atoms with Crippen molar-refractivity contribution in [3.8, 4) is 11.4 Å². The number of amidine groups is 1. The quantitative estimate of drug-likeness (QED) is 0.182. The van der Waals surface area contributed by atoms with Gasteiger partial charge in [-0.05, 0) is 11.1 Å². The molecule has 38 heavy (non-hydrogen) atoms. The van der Waals surface area contributed by atoms with E-state index in [1.165, 1.54) is 0 Å². The molecule has 11 heteroatoms. The van der Waals surface area contributed by atoms with Gasteiger partial charge in [-0.15, -0.1) is 0 Å². The third kappa shape index (κ3) is 6.71. The third-order valence-corrected chi connectivity index (χ3v) is 6.84. The Bertz CT molecular complexity index is 1600. The Kier molecular flexibility index (Phi) is 7.97. The lowest BCUT2D eigenvalue weighted by Crippen LogP contribution is -2.35. The maximum atomic E-state index is 13.4. The molecule has 5 N–H and O–H groups in total. The van der Waals surface area contributed by atoms with E-state index in [9.17, 15) is 18.0 Å². The molecule has 0 aliphatic heterocycles. The van der Waals surface area contributed by atoms with Crippen LogP contribution in [-0.2, 0) is 33.7 Å². The smallest absolute Gasteiger partial charge is 0.278 e. The summed E-state index contributed by atoms with van der Waals surface area (Å²) in [4.78, 5) is 30.6. The Morgan fingerprint density at radius 3 is 2.18 bits per heavy atom. The molecule has 4 aromatic rings. The average molecular weight is 531 g/mol. The molecule has 0 atom stereocenters. The Hall–Kier alpha value is -4.77. The summed E-state index contributed by atoms with van der Waals surface area (Å²) >= 11 is 0. The van der Waals surface area contributed by atoms with Gasteiger partial charge in [0, 0.05) is 17.7 Å². The molecule has 0 radical (unpaired) electrons. The number of nitrogens with zero attached hydrogens (tertiary/aromatic N) is 2. The number of amides is 1. The van der Waals surface area contributed by atoms with Gasteiger partial charge in [0.05, 0.1) is 11.9 Å². The molecule has 4 rings (SSSR count). The number of rotatable bonds is 10. The van der Waals surface area contributed by atoms with Crippen molar-refractivity contribution >= 4 is 27.5 Å². The van der Waals surface area contributed by atoms with Crippen molar-refractivity contribution in [3.63, 3.8) is 0 Å². The molecule has 0 saturated heterocycles. The predicted molar refractivity (Wildman–Crippen MR) is 146 cm³/mol. The van der Waals surface area contributed by atoms with E-state index in [1.807, 2.05) is 6.07 Å². The highest BCUT2D eigenvalue weighted by Crippen LogP contribution is 2.17. The summed E-state index contributed by atoms with van der Waals surface area (Å²) in [7, 11) is -3.92. The van der Waals surface area contributed by atoms with Gasteiger partial charge in [-0.25, -0.2) is 13.4 Å². The van der Waals surface area contributed by atoms with E-state index >= 15 is 0 Å². The monoisotopic (exact) mass is 530 g/mol. The maximum absolute atomic E-state index is 13.4. The molecular formula is C27H26N6O4S. The van der Waals surface area contributed by atoms with Gasteiger partial charge in [-0.3, -0.25) is 24.3 Å². The lowest BCUT2D eigenvalue weighted by atomic mass is 10.1. The molecule has 194 valence electrons. The van der Waals surface area contributed by atoms with Gasteiger partial charge in [-0.2, -0.15) is 0 Å². The Balaban J connectivity index is 1.57. The van der Waals surface area contributed by atoms with Crippen LogP contribution in [0.25, 0.3) is 11.4 Å². The Morgan fingerprint density at radius 2 is 1.55 bits per heavy atom. The average Bonchev–Trinajstić information content (AvgIpc) is 2.91. The summed E-state index contributed by atoms with van der Waals surface area (Å²) in [5.41, 5.74) is 7.01. The zero-order valence-corrected chi connectivity index (χ0v) is 21.1. The highest BCUT2D eigenvalue weighted by Gasteiger charge is 2.19. The van der Waals surface area contributed by atoms with E-state index in [0.717, 1.165) is 16.3 Å². The number of carbonyl (C=O) groups is 1. The molecule has 0 saturated carbocycles. The lowest BCUT2D eigenvalue weighted by molar-refractivity contribution is -0.121. The molecule has 0 spiro atoms. The van der Waals surface area contributed by atoms with Gasteiger partial charge in [0.1, 0.15) is 23.9 Å². The van der Waals surface area contributed by atoms with Gasteiger partial charge >= 0.3 is 0 Å². The van der Waals surface area contributed by atoms with Crippen molar-refractivity contribution in [3.05, 3.63) is 118 Å². The maximum Gasteiger partial charge on any atom is 0.278 e. The van der Waals surface area contributed by atoms with E-state index < -0.39 is 21.5 Å². The van der Waals surface area contributed by atoms with Gasteiger partial charge in [-0.1, -0.05) is 84.9 Å². The zero-order valence-electron chi connectivity index (χ0n) is 20.3. The number of hydrogen-bond acceptors (Lipinski definition) is 6. The first-order valence-electron chi connectivity index (χ1n) is 11.6. The summed E-state index contributed by atoms with van der Waals surface area (Å²) in [6.45, 7) is -0.195. The van der Waals surface area contributed by atoms with Crippen molar-refractivity contribution in [1.82, 2.24) is 14.9 Å². The van der Waals surface area contributed by atoms with E-state index in [-0.39, 0.29) is 36.2 Å². The number of nitrogen functional groups attached to an aromatic ring is 1. The van der Waals surface area contributed by atoms with Crippen LogP contribution in [-0.4, -0.2) is 29.7 Å². The first-order chi connectivity index (χ1) is 18.2. The van der Waals surface area contributed by atoms with Gasteiger partial charge < -0.3 is 11.1 Å². The van der Waals surface area contributed by atoms with Gasteiger partial charge in [0.2, 0.25) is 15.9 Å². The minimum absolute atomic E-state index is 0.0554. The molecule has 0 unspecified atom stereocenters. The minimum Gasteiger partial charge on any atom is -0.384 e. The van der Waals surface area contributed by atoms with Crippen LogP contribution in [0.2, 0.25) is 0 Å². The Morgan fingerprint density at radius 1 is 0.921 bits per heavy atom. The summed E-state index contributed by atoms with van der Waals surface area (Å²) in [6.07, 6.45) is 1.16. The van der Waals surface area contributed by atoms with Gasteiger partial charge in [0.15, 0.2) is 0 Å². The van der Waals surface area contributed by atoms with Crippen molar-refractivity contribution in [2.45, 2.75) is 18.8 Å². The van der Waals surface area contributed by atoms with Crippen molar-refractivity contribution < 1.29 is 13.2 Å². The number of nitrogens with one attached hydrogen (secondary N) is 3. The number of benzene rings is 3. The normalized spacial score (nSPS) is 11.1. The number of nitrogens with two attached hydrogens (primary N) is 1. The minimum atomic E-state index is -3.92. The second-order valence-corrected chi connectivity index (χ2v) is 10.2. The standard InChI is InChI=1S/C27H26N6O4S/c28-25(29)21-13-11-19(12-14-21)15-30-24(34)17-33-26(22-9-5-2-6-10-22)31-16-23(27(33)35)32-38(36,37)18-20-7-3-1-4-8-20/h1-14,16,32H,15,17-18H2,(H3,28,29)(H,30,34). The van der Waals surface area contributed by atoms with Crippen LogP contribution in [0.15, 0.2) is 95.9 Å². The number of carbonyl (C=O) groups excluding carboxylic acids is 1. The molecule has 0 fully saturated rings. The first kappa shape index (κ1) is 26.3. The fraction of sp³-hybridized carbons (Fsp3) is 0.111. The van der Waals surface area contributed by atoms with Crippen LogP contribution >= 0.6 is 0 Å². The van der Waals surface area contributed by atoms with Crippen LogP contribution in [0.5, 0.6) is 0 Å². The van der Waals surface area contributed by atoms with Crippen LogP contribution in [0.3, 0.4) is 0 Å². The first-order valence-corrected chi connectivity index (χ1v) is 13.3. The van der Waals surface area contributed by atoms with Crippen LogP contribution in [0.1, 0.15) is 16.7 Å². The fourth-order valence-electron chi connectivity index (χ4n) is 3.73. The van der Waals surface area contributed by atoms with Crippen molar-refractivity contribution in [2.75, 3.05) is 4.72 Å². The van der Waals surface area contributed by atoms with Crippen LogP contribution in [0.4, 0.5) is 5.69 Å². The van der Waals surface area contributed by atoms with Crippen molar-refractivity contribution in [2.24, 2.45) is 5.73 Å². The van der Waals surface area contributed by atoms with E-state index in [0.29, 0.717) is 16.7 Å². The molecule has 0 aliphatic carbocycles. The number of aromatic nitrogens is 2. The topological polar surface area (TPSA) is 160 Å². The summed E-state index contributed by atoms with van der Waals surface area (Å²) < 4.78 is 29.0. The van der Waals surface area contributed by atoms with Crippen LogP contribution < -0.4 is 21.3 Å². The highest BCUT2D eigenvalue weighted by molar-refractivity contribution is 7.91. The Labute approximate surface area is 219 Å². The number of anilines is 1. The molecule has 1 heterocycles. The summed E-state index contributed by atoms with van der Waals surface area (Å²) in [5, 5.41) is 10.2. The molecule has 3 aromatic carbocycles. The lowest BCUT2D eigenvalue weighted by Gasteiger charge is -2.15. The van der Waals surface area contributed by atoms with Gasteiger partial charge in [0.25, 0.3) is 5.56 Å². The second-order valence-electron chi connectivity index (χ2n) is 8.49.